The molecule has 0 aromatic heterocycles. The number of rotatable bonds is 0. The molecule has 1 aliphatic rings. The van der Waals surface area contributed by atoms with Crippen LogP contribution in [0.4, 0.5) is 0 Å². The summed E-state index contributed by atoms with van der Waals surface area (Å²) in [6.07, 6.45) is 1.92. The van der Waals surface area contributed by atoms with Crippen LogP contribution < -0.4 is 5.73 Å². The topological polar surface area (TPSA) is 49.8 Å². The number of hydrogen-bond donors (Lipinski definition) is 1. The van der Waals surface area contributed by atoms with E-state index in [4.69, 9.17) is 34.2 Å². The zero-order valence-corrected chi connectivity index (χ0v) is 9.57. The maximum atomic E-state index is 8.97. The molecule has 2 N–H and O–H groups in total. The van der Waals surface area contributed by atoms with Gasteiger partial charge in [0, 0.05) is 16.5 Å². The zero-order valence-electron chi connectivity index (χ0n) is 8.06. The van der Waals surface area contributed by atoms with Gasteiger partial charge in [-0.1, -0.05) is 23.2 Å². The number of nitrogens with zero attached hydrogens (tertiary/aromatic N) is 1. The van der Waals surface area contributed by atoms with Crippen molar-refractivity contribution in [3.05, 3.63) is 33.3 Å². The van der Waals surface area contributed by atoms with Crippen LogP contribution in [0, 0.1) is 11.3 Å². The second-order valence-corrected chi connectivity index (χ2v) is 4.81. The Balaban J connectivity index is 2.47. The molecule has 0 bridgehead atoms. The lowest BCUT2D eigenvalue weighted by atomic mass is 9.79. The Morgan fingerprint density at radius 3 is 2.80 bits per heavy atom. The molecule has 1 aromatic rings. The van der Waals surface area contributed by atoms with E-state index in [9.17, 15) is 0 Å². The van der Waals surface area contributed by atoms with E-state index in [2.05, 4.69) is 6.07 Å². The average molecular weight is 241 g/mol. The molecule has 1 atom stereocenters. The predicted octanol–water partition coefficient (Wildman–Crippen LogP) is 2.70. The van der Waals surface area contributed by atoms with E-state index in [1.807, 2.05) is 6.07 Å². The molecule has 0 amide bonds. The van der Waals surface area contributed by atoms with Crippen molar-refractivity contribution in [2.24, 2.45) is 5.73 Å². The SMILES string of the molecule is N#CC1(N)CCc2c(Cl)cc(Cl)cc2C1. The molecule has 4 heteroatoms. The molecular formula is C11H10Cl2N2. The van der Waals surface area contributed by atoms with Crippen molar-refractivity contribution in [3.63, 3.8) is 0 Å². The van der Waals surface area contributed by atoms with Gasteiger partial charge >= 0.3 is 0 Å². The molecule has 1 unspecified atom stereocenters. The third kappa shape index (κ3) is 1.96. The van der Waals surface area contributed by atoms with Crippen LogP contribution in [0.2, 0.25) is 10.0 Å². The molecule has 1 aromatic carbocycles. The maximum absolute atomic E-state index is 8.97. The first-order valence-electron chi connectivity index (χ1n) is 4.71. The third-order valence-corrected chi connectivity index (χ3v) is 3.36. The molecular weight excluding hydrogens is 231 g/mol. The summed E-state index contributed by atoms with van der Waals surface area (Å²) in [5.74, 6) is 0. The Morgan fingerprint density at radius 1 is 1.40 bits per heavy atom. The number of fused-ring (bicyclic) bond motifs is 1. The van der Waals surface area contributed by atoms with Crippen LogP contribution in [0.25, 0.3) is 0 Å². The molecule has 15 heavy (non-hydrogen) atoms. The number of benzene rings is 1. The van der Waals surface area contributed by atoms with Gasteiger partial charge in [0.1, 0.15) is 5.54 Å². The van der Waals surface area contributed by atoms with E-state index in [1.165, 1.54) is 0 Å². The van der Waals surface area contributed by atoms with Crippen LogP contribution in [0.5, 0.6) is 0 Å². The molecule has 1 aliphatic carbocycles. The average Bonchev–Trinajstić information content (AvgIpc) is 2.16. The fraction of sp³-hybridized carbons (Fsp3) is 0.364. The molecule has 0 radical (unpaired) electrons. The summed E-state index contributed by atoms with van der Waals surface area (Å²) in [6, 6.07) is 5.73. The van der Waals surface area contributed by atoms with Crippen molar-refractivity contribution < 1.29 is 0 Å². The van der Waals surface area contributed by atoms with Crippen LogP contribution in [0.15, 0.2) is 12.1 Å². The number of nitriles is 1. The first-order chi connectivity index (χ1) is 7.04. The molecule has 0 saturated carbocycles. The Morgan fingerprint density at radius 2 is 2.13 bits per heavy atom. The van der Waals surface area contributed by atoms with Gasteiger partial charge in [-0.05, 0) is 36.1 Å². The lowest BCUT2D eigenvalue weighted by molar-refractivity contribution is 0.470. The normalized spacial score (nSPS) is 24.4. The minimum absolute atomic E-state index is 0.527. The van der Waals surface area contributed by atoms with Gasteiger partial charge in [0.05, 0.1) is 6.07 Å². The molecule has 0 fully saturated rings. The van der Waals surface area contributed by atoms with Crippen LogP contribution in [0.1, 0.15) is 17.5 Å². The number of halogens is 2. The summed E-state index contributed by atoms with van der Waals surface area (Å²) < 4.78 is 0. The second kappa shape index (κ2) is 3.68. The summed E-state index contributed by atoms with van der Waals surface area (Å²) in [6.45, 7) is 0. The highest BCUT2D eigenvalue weighted by Gasteiger charge is 2.31. The quantitative estimate of drug-likeness (QED) is 0.759. The van der Waals surface area contributed by atoms with Crippen molar-refractivity contribution in [2.75, 3.05) is 0 Å². The van der Waals surface area contributed by atoms with Crippen LogP contribution in [-0.2, 0) is 12.8 Å². The summed E-state index contributed by atoms with van der Waals surface area (Å²) >= 11 is 12.0. The fourth-order valence-corrected chi connectivity index (χ4v) is 2.60. The van der Waals surface area contributed by atoms with Gasteiger partial charge < -0.3 is 5.73 Å². The fourth-order valence-electron chi connectivity index (χ4n) is 1.97. The highest BCUT2D eigenvalue weighted by molar-refractivity contribution is 6.35. The Kier molecular flexibility index (Phi) is 2.64. The van der Waals surface area contributed by atoms with E-state index in [0.717, 1.165) is 17.5 Å². The smallest absolute Gasteiger partial charge is 0.108 e. The lowest BCUT2D eigenvalue weighted by Crippen LogP contribution is -2.43. The van der Waals surface area contributed by atoms with Crippen molar-refractivity contribution in [1.29, 1.82) is 5.26 Å². The van der Waals surface area contributed by atoms with Crippen molar-refractivity contribution >= 4 is 23.2 Å². The Bertz CT molecular complexity index is 451. The van der Waals surface area contributed by atoms with E-state index in [0.29, 0.717) is 22.9 Å². The van der Waals surface area contributed by atoms with E-state index >= 15 is 0 Å². The first kappa shape index (κ1) is 10.8. The first-order valence-corrected chi connectivity index (χ1v) is 5.47. The maximum Gasteiger partial charge on any atom is 0.108 e. The Hall–Kier alpha value is -0.750. The Labute approximate surface area is 98.6 Å². The van der Waals surface area contributed by atoms with E-state index in [-0.39, 0.29) is 0 Å². The number of hydrogen-bond acceptors (Lipinski definition) is 2. The van der Waals surface area contributed by atoms with E-state index < -0.39 is 5.54 Å². The van der Waals surface area contributed by atoms with Gasteiger partial charge in [0.2, 0.25) is 0 Å². The predicted molar refractivity (Wildman–Crippen MR) is 61.0 cm³/mol. The van der Waals surface area contributed by atoms with Crippen LogP contribution in [0.3, 0.4) is 0 Å². The zero-order chi connectivity index (χ0) is 11.1. The van der Waals surface area contributed by atoms with Gasteiger partial charge in [-0.2, -0.15) is 5.26 Å². The van der Waals surface area contributed by atoms with Gasteiger partial charge in [-0.3, -0.25) is 0 Å². The van der Waals surface area contributed by atoms with Crippen molar-refractivity contribution in [2.45, 2.75) is 24.8 Å². The van der Waals surface area contributed by atoms with Gasteiger partial charge in [-0.25, -0.2) is 0 Å². The third-order valence-electron chi connectivity index (χ3n) is 2.80. The molecule has 0 spiro atoms. The number of nitrogens with two attached hydrogens (primary N) is 1. The minimum atomic E-state index is -0.763. The summed E-state index contributed by atoms with van der Waals surface area (Å²) in [5, 5.41) is 10.2. The standard InChI is InChI=1S/C11H10Cl2N2/c12-8-3-7-5-11(15,6-14)2-1-9(7)10(13)4-8/h3-4H,1-2,5,15H2. The largest absolute Gasteiger partial charge is 0.313 e. The van der Waals surface area contributed by atoms with Crippen molar-refractivity contribution in [3.8, 4) is 6.07 Å². The van der Waals surface area contributed by atoms with Crippen LogP contribution >= 0.6 is 23.2 Å². The monoisotopic (exact) mass is 240 g/mol. The highest BCUT2D eigenvalue weighted by Crippen LogP contribution is 2.33. The highest BCUT2D eigenvalue weighted by atomic mass is 35.5. The molecule has 2 rings (SSSR count). The van der Waals surface area contributed by atoms with Crippen LogP contribution in [-0.4, -0.2) is 5.54 Å². The van der Waals surface area contributed by atoms with Crippen molar-refractivity contribution in [1.82, 2.24) is 0 Å². The molecule has 0 saturated heterocycles. The molecule has 78 valence electrons. The molecule has 2 nitrogen and oxygen atoms in total. The van der Waals surface area contributed by atoms with E-state index in [1.54, 1.807) is 6.07 Å². The summed E-state index contributed by atoms with van der Waals surface area (Å²) in [4.78, 5) is 0. The second-order valence-electron chi connectivity index (χ2n) is 3.97. The van der Waals surface area contributed by atoms with Gasteiger partial charge in [-0.15, -0.1) is 0 Å². The summed E-state index contributed by atoms with van der Waals surface area (Å²) in [7, 11) is 0. The lowest BCUT2D eigenvalue weighted by Gasteiger charge is -2.29. The van der Waals surface area contributed by atoms with Gasteiger partial charge in [0.15, 0.2) is 0 Å². The molecule has 0 aliphatic heterocycles. The minimum Gasteiger partial charge on any atom is -0.313 e. The molecule has 0 heterocycles. The van der Waals surface area contributed by atoms with Gasteiger partial charge in [0.25, 0.3) is 0 Å². The summed E-state index contributed by atoms with van der Waals surface area (Å²) in [5.41, 5.74) is 7.25.